The zero-order valence-corrected chi connectivity index (χ0v) is 10.7. The molecule has 0 aliphatic heterocycles. The third-order valence-corrected chi connectivity index (χ3v) is 2.67. The van der Waals surface area contributed by atoms with Crippen molar-refractivity contribution in [3.63, 3.8) is 0 Å². The molecule has 2 atom stereocenters. The van der Waals surface area contributed by atoms with Crippen molar-refractivity contribution < 1.29 is 24.6 Å². The van der Waals surface area contributed by atoms with Crippen molar-refractivity contribution in [3.8, 4) is 0 Å². The highest BCUT2D eigenvalue weighted by Gasteiger charge is 2.24. The van der Waals surface area contributed by atoms with Gasteiger partial charge >= 0.3 is 11.9 Å². The van der Waals surface area contributed by atoms with E-state index in [1.54, 1.807) is 30.3 Å². The number of nitrogens with one attached hydrogen (secondary N) is 1. The van der Waals surface area contributed by atoms with Crippen molar-refractivity contribution >= 4 is 17.8 Å². The summed E-state index contributed by atoms with van der Waals surface area (Å²) in [4.78, 5) is 33.3. The van der Waals surface area contributed by atoms with Crippen LogP contribution in [0.4, 0.5) is 0 Å². The fourth-order valence-electron chi connectivity index (χ4n) is 1.59. The fraction of sp³-hybridized carbons (Fsp3) is 0.308. The van der Waals surface area contributed by atoms with E-state index in [4.69, 9.17) is 15.9 Å². The maximum atomic E-state index is 11.8. The Bertz CT molecular complexity index is 489. The number of benzene rings is 1. The SMILES string of the molecule is NC(CCC(=O)O)C(=O)N[C@@H](C(=O)O)c1ccccc1. The molecule has 0 radical (unpaired) electrons. The van der Waals surface area contributed by atoms with Crippen molar-refractivity contribution in [1.29, 1.82) is 0 Å². The van der Waals surface area contributed by atoms with Crippen LogP contribution in [-0.4, -0.2) is 34.1 Å². The van der Waals surface area contributed by atoms with Gasteiger partial charge in [-0.3, -0.25) is 9.59 Å². The summed E-state index contributed by atoms with van der Waals surface area (Å²) in [5.74, 6) is -2.97. The minimum absolute atomic E-state index is 0.0533. The molecule has 0 fully saturated rings. The third kappa shape index (κ3) is 4.69. The van der Waals surface area contributed by atoms with E-state index in [1.165, 1.54) is 0 Å². The summed E-state index contributed by atoms with van der Waals surface area (Å²) in [7, 11) is 0. The second-order valence-corrected chi connectivity index (χ2v) is 4.23. The largest absolute Gasteiger partial charge is 0.481 e. The lowest BCUT2D eigenvalue weighted by Gasteiger charge is -2.17. The van der Waals surface area contributed by atoms with Crippen molar-refractivity contribution in [1.82, 2.24) is 5.32 Å². The molecular formula is C13H16N2O5. The number of hydrogen-bond acceptors (Lipinski definition) is 4. The number of carboxylic acid groups (broad SMARTS) is 2. The molecule has 0 aliphatic carbocycles. The molecule has 0 aromatic heterocycles. The highest BCUT2D eigenvalue weighted by molar-refractivity contribution is 5.87. The summed E-state index contributed by atoms with van der Waals surface area (Å²) >= 11 is 0. The van der Waals surface area contributed by atoms with E-state index in [2.05, 4.69) is 5.32 Å². The minimum Gasteiger partial charge on any atom is -0.481 e. The van der Waals surface area contributed by atoms with Gasteiger partial charge in [-0.15, -0.1) is 0 Å². The minimum atomic E-state index is -1.21. The zero-order valence-electron chi connectivity index (χ0n) is 10.7. The van der Waals surface area contributed by atoms with Gasteiger partial charge in [0.25, 0.3) is 0 Å². The molecule has 1 amide bonds. The fourth-order valence-corrected chi connectivity index (χ4v) is 1.59. The normalized spacial score (nSPS) is 13.2. The average Bonchev–Trinajstić information content (AvgIpc) is 2.42. The summed E-state index contributed by atoms with van der Waals surface area (Å²) in [6, 6.07) is 5.91. The Balaban J connectivity index is 2.69. The Labute approximate surface area is 115 Å². The van der Waals surface area contributed by atoms with Crippen LogP contribution in [0.5, 0.6) is 0 Å². The molecule has 1 unspecified atom stereocenters. The van der Waals surface area contributed by atoms with Gasteiger partial charge in [0.2, 0.25) is 5.91 Å². The molecule has 1 aromatic carbocycles. The smallest absolute Gasteiger partial charge is 0.330 e. The number of amides is 1. The van der Waals surface area contributed by atoms with Crippen LogP contribution in [0.3, 0.4) is 0 Å². The van der Waals surface area contributed by atoms with E-state index in [9.17, 15) is 14.4 Å². The quantitative estimate of drug-likeness (QED) is 0.561. The van der Waals surface area contributed by atoms with Crippen molar-refractivity contribution in [2.45, 2.75) is 24.9 Å². The highest BCUT2D eigenvalue weighted by atomic mass is 16.4. The van der Waals surface area contributed by atoms with Crippen LogP contribution in [-0.2, 0) is 14.4 Å². The Hall–Kier alpha value is -2.41. The molecule has 1 rings (SSSR count). The van der Waals surface area contributed by atoms with Gasteiger partial charge in [-0.25, -0.2) is 4.79 Å². The molecule has 108 valence electrons. The van der Waals surface area contributed by atoms with Crippen molar-refractivity contribution in [3.05, 3.63) is 35.9 Å². The Morgan fingerprint density at radius 3 is 2.25 bits per heavy atom. The number of aliphatic carboxylic acids is 2. The van der Waals surface area contributed by atoms with Crippen molar-refractivity contribution in [2.24, 2.45) is 5.73 Å². The molecule has 0 heterocycles. The zero-order chi connectivity index (χ0) is 15.1. The summed E-state index contributed by atoms with van der Waals surface area (Å²) in [5.41, 5.74) is 5.94. The van der Waals surface area contributed by atoms with E-state index in [0.717, 1.165) is 0 Å². The molecule has 7 nitrogen and oxygen atoms in total. The van der Waals surface area contributed by atoms with Crippen LogP contribution < -0.4 is 11.1 Å². The summed E-state index contributed by atoms with van der Waals surface area (Å²) < 4.78 is 0. The lowest BCUT2D eigenvalue weighted by molar-refractivity contribution is -0.142. The van der Waals surface area contributed by atoms with Gasteiger partial charge in [0.1, 0.15) is 0 Å². The summed E-state index contributed by atoms with van der Waals surface area (Å²) in [6.07, 6.45) is -0.306. The summed E-state index contributed by atoms with van der Waals surface area (Å²) in [6.45, 7) is 0. The van der Waals surface area contributed by atoms with Crippen LogP contribution in [0, 0.1) is 0 Å². The van der Waals surface area contributed by atoms with Gasteiger partial charge in [0.15, 0.2) is 6.04 Å². The number of carbonyl (C=O) groups is 3. The topological polar surface area (TPSA) is 130 Å². The first-order chi connectivity index (χ1) is 9.41. The molecular weight excluding hydrogens is 264 g/mol. The van der Waals surface area contributed by atoms with Gasteiger partial charge in [-0.2, -0.15) is 0 Å². The first kappa shape index (κ1) is 15.6. The van der Waals surface area contributed by atoms with Crippen molar-refractivity contribution in [2.75, 3.05) is 0 Å². The predicted molar refractivity (Wildman–Crippen MR) is 69.8 cm³/mol. The van der Waals surface area contributed by atoms with E-state index in [1.807, 2.05) is 0 Å². The van der Waals surface area contributed by atoms with E-state index < -0.39 is 29.9 Å². The first-order valence-corrected chi connectivity index (χ1v) is 5.97. The molecule has 1 aromatic rings. The first-order valence-electron chi connectivity index (χ1n) is 5.97. The molecule has 0 saturated heterocycles. The second-order valence-electron chi connectivity index (χ2n) is 4.23. The predicted octanol–water partition coefficient (Wildman–Crippen LogP) is 0.121. The Morgan fingerprint density at radius 1 is 1.15 bits per heavy atom. The second kappa shape index (κ2) is 7.25. The number of rotatable bonds is 7. The van der Waals surface area contributed by atoms with Gasteiger partial charge < -0.3 is 21.3 Å². The third-order valence-electron chi connectivity index (χ3n) is 2.67. The molecule has 0 aliphatic rings. The van der Waals surface area contributed by atoms with Crippen LogP contribution in [0.1, 0.15) is 24.4 Å². The van der Waals surface area contributed by atoms with Gasteiger partial charge in [0.05, 0.1) is 6.04 Å². The maximum absolute atomic E-state index is 11.8. The molecule has 7 heteroatoms. The average molecular weight is 280 g/mol. The highest BCUT2D eigenvalue weighted by Crippen LogP contribution is 2.13. The van der Waals surface area contributed by atoms with E-state index in [-0.39, 0.29) is 12.8 Å². The molecule has 5 N–H and O–H groups in total. The Kier molecular flexibility index (Phi) is 5.67. The number of hydrogen-bond donors (Lipinski definition) is 4. The number of carboxylic acids is 2. The Morgan fingerprint density at radius 2 is 1.75 bits per heavy atom. The van der Waals surface area contributed by atoms with Crippen LogP contribution in [0.15, 0.2) is 30.3 Å². The lowest BCUT2D eigenvalue weighted by atomic mass is 10.1. The lowest BCUT2D eigenvalue weighted by Crippen LogP contribution is -2.44. The van der Waals surface area contributed by atoms with E-state index in [0.29, 0.717) is 5.56 Å². The summed E-state index contributed by atoms with van der Waals surface area (Å²) in [5, 5.41) is 19.9. The standard InChI is InChI=1S/C13H16N2O5/c14-9(6-7-10(16)17)12(18)15-11(13(19)20)8-4-2-1-3-5-8/h1-5,9,11H,6-7,14H2,(H,15,18)(H,16,17)(H,19,20)/t9?,11-/m1/s1. The monoisotopic (exact) mass is 280 g/mol. The molecule has 0 saturated carbocycles. The maximum Gasteiger partial charge on any atom is 0.330 e. The molecule has 0 spiro atoms. The van der Waals surface area contributed by atoms with Gasteiger partial charge in [0, 0.05) is 6.42 Å². The van der Waals surface area contributed by atoms with E-state index >= 15 is 0 Å². The van der Waals surface area contributed by atoms with Crippen LogP contribution in [0.25, 0.3) is 0 Å². The molecule has 20 heavy (non-hydrogen) atoms. The van der Waals surface area contributed by atoms with Crippen LogP contribution in [0.2, 0.25) is 0 Å². The van der Waals surface area contributed by atoms with Gasteiger partial charge in [-0.1, -0.05) is 30.3 Å². The molecule has 0 bridgehead atoms. The number of nitrogens with two attached hydrogens (primary N) is 1. The number of carbonyl (C=O) groups excluding carboxylic acids is 1. The van der Waals surface area contributed by atoms with Crippen LogP contribution >= 0.6 is 0 Å². The van der Waals surface area contributed by atoms with Gasteiger partial charge in [-0.05, 0) is 12.0 Å².